The van der Waals surface area contributed by atoms with Crippen molar-refractivity contribution in [2.24, 2.45) is 0 Å². The smallest absolute Gasteiger partial charge is 0.331 e. The quantitative estimate of drug-likeness (QED) is 0.370. The van der Waals surface area contributed by atoms with Crippen molar-refractivity contribution in [1.82, 2.24) is 24.9 Å². The van der Waals surface area contributed by atoms with Crippen molar-refractivity contribution in [3.63, 3.8) is 0 Å². The minimum absolute atomic E-state index is 0.00501. The second kappa shape index (κ2) is 9.03. The van der Waals surface area contributed by atoms with Crippen LogP contribution in [-0.2, 0) is 4.79 Å². The van der Waals surface area contributed by atoms with Crippen LogP contribution in [0.4, 0.5) is 5.82 Å². The van der Waals surface area contributed by atoms with Gasteiger partial charge in [-0.15, -0.1) is 16.4 Å². The first kappa shape index (κ1) is 21.7. The third kappa shape index (κ3) is 4.65. The highest BCUT2D eigenvalue weighted by Gasteiger charge is 2.12. The summed E-state index contributed by atoms with van der Waals surface area (Å²) >= 11 is 1.62. The second-order valence-electron chi connectivity index (χ2n) is 7.93. The summed E-state index contributed by atoms with van der Waals surface area (Å²) in [7, 11) is 0. The molecule has 0 spiro atoms. The molecule has 0 bridgehead atoms. The molecule has 8 nitrogen and oxygen atoms in total. The SMILES string of the molecule is CC(=O)On1cc(-c2cccc([C@H](C)Nc3cc(-c4ccc5ncsc5c4)nc(C)n3)c2)cn1. The molecule has 9 heteroatoms. The van der Waals surface area contributed by atoms with Crippen LogP contribution in [0.1, 0.15) is 31.3 Å². The van der Waals surface area contributed by atoms with E-state index in [9.17, 15) is 4.79 Å². The summed E-state index contributed by atoms with van der Waals surface area (Å²) in [6, 6.07) is 16.3. The third-order valence-corrected chi connectivity index (χ3v) is 6.12. The molecule has 0 saturated heterocycles. The van der Waals surface area contributed by atoms with Crippen LogP contribution in [0, 0.1) is 6.92 Å². The number of rotatable bonds is 6. The van der Waals surface area contributed by atoms with E-state index in [0.717, 1.165) is 44.0 Å². The molecule has 0 saturated carbocycles. The van der Waals surface area contributed by atoms with Crippen molar-refractivity contribution >= 4 is 33.3 Å². The maximum atomic E-state index is 11.2. The van der Waals surface area contributed by atoms with Gasteiger partial charge in [-0.1, -0.05) is 29.1 Å². The molecule has 0 aliphatic rings. The summed E-state index contributed by atoms with van der Waals surface area (Å²) in [6.45, 7) is 5.32. The number of fused-ring (bicyclic) bond motifs is 1. The fourth-order valence-corrected chi connectivity index (χ4v) is 4.45. The van der Waals surface area contributed by atoms with E-state index in [0.29, 0.717) is 5.82 Å². The minimum Gasteiger partial charge on any atom is -0.363 e. The van der Waals surface area contributed by atoms with Gasteiger partial charge in [0.1, 0.15) is 11.6 Å². The number of nitrogens with zero attached hydrogens (tertiary/aromatic N) is 5. The molecule has 2 aromatic carbocycles. The van der Waals surface area contributed by atoms with Gasteiger partial charge in [-0.3, -0.25) is 0 Å². The molecule has 0 aliphatic carbocycles. The molecule has 1 N–H and O–H groups in total. The molecular formula is C25H22N6O2S. The molecule has 3 heterocycles. The number of hydrogen-bond acceptors (Lipinski definition) is 8. The average Bonchev–Trinajstić information content (AvgIpc) is 3.47. The summed E-state index contributed by atoms with van der Waals surface area (Å²) in [5, 5.41) is 7.58. The number of carbonyl (C=O) groups is 1. The van der Waals surface area contributed by atoms with Gasteiger partial charge in [0.05, 0.1) is 33.8 Å². The monoisotopic (exact) mass is 470 g/mol. The van der Waals surface area contributed by atoms with Gasteiger partial charge < -0.3 is 10.2 Å². The van der Waals surface area contributed by atoms with Gasteiger partial charge in [-0.2, -0.15) is 0 Å². The van der Waals surface area contributed by atoms with Crippen LogP contribution < -0.4 is 10.2 Å². The molecule has 1 atom stereocenters. The summed E-state index contributed by atoms with van der Waals surface area (Å²) in [4.78, 5) is 30.9. The Hall–Kier alpha value is -4.11. The van der Waals surface area contributed by atoms with Crippen molar-refractivity contribution in [3.8, 4) is 22.4 Å². The zero-order valence-corrected chi connectivity index (χ0v) is 19.7. The lowest BCUT2D eigenvalue weighted by Gasteiger charge is -2.17. The van der Waals surface area contributed by atoms with E-state index in [1.54, 1.807) is 23.7 Å². The first-order valence-corrected chi connectivity index (χ1v) is 11.6. The molecule has 0 radical (unpaired) electrons. The molecule has 0 amide bonds. The van der Waals surface area contributed by atoms with Crippen molar-refractivity contribution in [2.45, 2.75) is 26.8 Å². The van der Waals surface area contributed by atoms with Gasteiger partial charge in [0.25, 0.3) is 0 Å². The van der Waals surface area contributed by atoms with Gasteiger partial charge >= 0.3 is 5.97 Å². The average molecular weight is 471 g/mol. The predicted molar refractivity (Wildman–Crippen MR) is 132 cm³/mol. The topological polar surface area (TPSA) is 94.8 Å². The number of thiazole rings is 1. The van der Waals surface area contributed by atoms with Gasteiger partial charge in [-0.05, 0) is 43.2 Å². The summed E-state index contributed by atoms with van der Waals surface area (Å²) < 4.78 is 1.13. The van der Waals surface area contributed by atoms with Gasteiger partial charge in [0.2, 0.25) is 0 Å². The highest BCUT2D eigenvalue weighted by atomic mass is 32.1. The van der Waals surface area contributed by atoms with Crippen molar-refractivity contribution in [1.29, 1.82) is 0 Å². The molecule has 0 fully saturated rings. The lowest BCUT2D eigenvalue weighted by Crippen LogP contribution is -2.16. The minimum atomic E-state index is -0.423. The van der Waals surface area contributed by atoms with Gasteiger partial charge in [-0.25, -0.2) is 19.7 Å². The lowest BCUT2D eigenvalue weighted by atomic mass is 10.0. The van der Waals surface area contributed by atoms with Crippen molar-refractivity contribution in [2.75, 3.05) is 5.32 Å². The Morgan fingerprint density at radius 1 is 1.09 bits per heavy atom. The van der Waals surface area contributed by atoms with Crippen LogP contribution in [0.5, 0.6) is 0 Å². The van der Waals surface area contributed by atoms with Gasteiger partial charge in [0.15, 0.2) is 0 Å². The Morgan fingerprint density at radius 3 is 2.82 bits per heavy atom. The Kier molecular flexibility index (Phi) is 5.77. The molecule has 170 valence electrons. The number of carbonyl (C=O) groups excluding carboxylic acids is 1. The normalized spacial score (nSPS) is 12.0. The van der Waals surface area contributed by atoms with Crippen LogP contribution in [0.25, 0.3) is 32.6 Å². The highest BCUT2D eigenvalue weighted by Crippen LogP contribution is 2.28. The van der Waals surface area contributed by atoms with E-state index in [1.165, 1.54) is 11.8 Å². The number of anilines is 1. The first-order chi connectivity index (χ1) is 16.4. The first-order valence-electron chi connectivity index (χ1n) is 10.7. The Balaban J connectivity index is 1.38. The van der Waals surface area contributed by atoms with E-state index in [1.807, 2.05) is 42.8 Å². The van der Waals surface area contributed by atoms with Crippen molar-refractivity contribution in [3.05, 3.63) is 77.8 Å². The molecule has 34 heavy (non-hydrogen) atoms. The summed E-state index contributed by atoms with van der Waals surface area (Å²) in [5.41, 5.74) is 7.65. The fourth-order valence-electron chi connectivity index (χ4n) is 3.73. The van der Waals surface area contributed by atoms with Crippen LogP contribution in [0.2, 0.25) is 0 Å². The zero-order valence-electron chi connectivity index (χ0n) is 18.9. The Morgan fingerprint density at radius 2 is 1.97 bits per heavy atom. The standard InChI is InChI=1S/C25H22N6O2S/c1-15(18-5-4-6-19(9-18)21-12-27-31(13-21)33-17(3)32)28-25-11-23(29-16(2)30-25)20-7-8-22-24(10-20)34-14-26-22/h4-15H,1-3H3,(H,28,29,30)/t15-/m0/s1. The number of aryl methyl sites for hydroxylation is 1. The van der Waals surface area contributed by atoms with Crippen LogP contribution in [0.3, 0.4) is 0 Å². The molecular weight excluding hydrogens is 448 g/mol. The van der Waals surface area contributed by atoms with E-state index in [-0.39, 0.29) is 6.04 Å². The van der Waals surface area contributed by atoms with E-state index in [4.69, 9.17) is 4.84 Å². The van der Waals surface area contributed by atoms with E-state index < -0.39 is 5.97 Å². The Bertz CT molecular complexity index is 1490. The van der Waals surface area contributed by atoms with Crippen LogP contribution in [0.15, 0.2) is 66.4 Å². The molecule has 5 aromatic rings. The van der Waals surface area contributed by atoms with Gasteiger partial charge in [0, 0.05) is 30.2 Å². The maximum Gasteiger partial charge on any atom is 0.331 e. The molecule has 0 unspecified atom stereocenters. The van der Waals surface area contributed by atoms with Crippen molar-refractivity contribution < 1.29 is 9.63 Å². The second-order valence-corrected chi connectivity index (χ2v) is 8.81. The van der Waals surface area contributed by atoms with Crippen LogP contribution >= 0.6 is 11.3 Å². The Labute approximate surface area is 200 Å². The number of benzene rings is 2. The summed E-state index contributed by atoms with van der Waals surface area (Å²) in [6.07, 6.45) is 3.35. The van der Waals surface area contributed by atoms with Crippen LogP contribution in [-0.4, -0.2) is 30.9 Å². The molecule has 3 aromatic heterocycles. The molecule has 5 rings (SSSR count). The van der Waals surface area contributed by atoms with E-state index in [2.05, 4.69) is 50.5 Å². The maximum absolute atomic E-state index is 11.2. The predicted octanol–water partition coefficient (Wildman–Crippen LogP) is 5.07. The lowest BCUT2D eigenvalue weighted by molar-refractivity contribution is -0.143. The molecule has 0 aliphatic heterocycles. The highest BCUT2D eigenvalue weighted by molar-refractivity contribution is 7.16. The third-order valence-electron chi connectivity index (χ3n) is 5.33. The van der Waals surface area contributed by atoms with E-state index >= 15 is 0 Å². The summed E-state index contributed by atoms with van der Waals surface area (Å²) in [5.74, 6) is 1.03. The number of aromatic nitrogens is 5. The zero-order chi connectivity index (χ0) is 23.7. The number of hydrogen-bond donors (Lipinski definition) is 1. The largest absolute Gasteiger partial charge is 0.363 e. The fraction of sp³-hybridized carbons (Fsp3) is 0.160. The number of nitrogens with one attached hydrogen (secondary N) is 1.